The Morgan fingerprint density at radius 1 is 0.967 bits per heavy atom. The van der Waals surface area contributed by atoms with Gasteiger partial charge in [0.25, 0.3) is 5.56 Å². The summed E-state index contributed by atoms with van der Waals surface area (Å²) in [5.41, 5.74) is 3.04. The van der Waals surface area contributed by atoms with Crippen molar-refractivity contribution in [2.75, 3.05) is 0 Å². The molecule has 0 bridgehead atoms. The second-order valence-corrected chi connectivity index (χ2v) is 6.90. The first-order valence-corrected chi connectivity index (χ1v) is 9.51. The first kappa shape index (κ1) is 19.4. The lowest BCUT2D eigenvalue weighted by molar-refractivity contribution is 0.0467. The van der Waals surface area contributed by atoms with Crippen molar-refractivity contribution in [2.45, 2.75) is 20.1 Å². The van der Waals surface area contributed by atoms with Crippen molar-refractivity contribution in [3.63, 3.8) is 0 Å². The number of hydrogen-bond acceptors (Lipinski definition) is 5. The maximum atomic E-state index is 12.3. The van der Waals surface area contributed by atoms with Crippen LogP contribution in [0.15, 0.2) is 83.8 Å². The quantitative estimate of drug-likeness (QED) is 0.459. The molecule has 0 aliphatic carbocycles. The molecule has 0 unspecified atom stereocenters. The van der Waals surface area contributed by atoms with Crippen LogP contribution in [0.4, 0.5) is 0 Å². The molecule has 30 heavy (non-hydrogen) atoms. The summed E-state index contributed by atoms with van der Waals surface area (Å²) in [5, 5.41) is 0. The number of aromatic nitrogens is 2. The Morgan fingerprint density at radius 3 is 2.50 bits per heavy atom. The molecule has 6 nitrogen and oxygen atoms in total. The number of para-hydroxylation sites is 1. The van der Waals surface area contributed by atoms with Gasteiger partial charge in [0.1, 0.15) is 24.6 Å². The summed E-state index contributed by atoms with van der Waals surface area (Å²) in [4.78, 5) is 29.0. The van der Waals surface area contributed by atoms with E-state index in [-0.39, 0.29) is 12.2 Å². The molecule has 4 rings (SSSR count). The van der Waals surface area contributed by atoms with Crippen molar-refractivity contribution < 1.29 is 14.3 Å². The van der Waals surface area contributed by atoms with Crippen molar-refractivity contribution in [2.24, 2.45) is 0 Å². The lowest BCUT2D eigenvalue weighted by Gasteiger charge is -2.08. The fraction of sp³-hybridized carbons (Fsp3) is 0.125. The number of pyridine rings is 1. The van der Waals surface area contributed by atoms with Gasteiger partial charge >= 0.3 is 5.97 Å². The molecule has 0 saturated heterocycles. The molecule has 0 spiro atoms. The molecule has 2 aromatic carbocycles. The maximum Gasteiger partial charge on any atom is 0.338 e. The lowest BCUT2D eigenvalue weighted by Crippen LogP contribution is -2.17. The zero-order chi connectivity index (χ0) is 20.9. The molecule has 0 fully saturated rings. The first-order chi connectivity index (χ1) is 14.6. The van der Waals surface area contributed by atoms with Gasteiger partial charge in [-0.1, -0.05) is 36.4 Å². The van der Waals surface area contributed by atoms with Crippen LogP contribution in [0.5, 0.6) is 5.75 Å². The molecule has 0 aliphatic rings. The summed E-state index contributed by atoms with van der Waals surface area (Å²) in [5.74, 6) is 0.311. The number of carbonyl (C=O) groups is 1. The van der Waals surface area contributed by atoms with E-state index in [0.717, 1.165) is 16.9 Å². The van der Waals surface area contributed by atoms with Crippen LogP contribution in [0.3, 0.4) is 0 Å². The van der Waals surface area contributed by atoms with Gasteiger partial charge in [0, 0.05) is 12.3 Å². The highest BCUT2D eigenvalue weighted by Gasteiger charge is 2.10. The molecule has 150 valence electrons. The van der Waals surface area contributed by atoms with E-state index in [1.165, 1.54) is 10.5 Å². The number of ether oxygens (including phenoxy) is 2. The van der Waals surface area contributed by atoms with Gasteiger partial charge in [-0.05, 0) is 48.4 Å². The number of hydrogen-bond donors (Lipinski definition) is 0. The largest absolute Gasteiger partial charge is 0.489 e. The van der Waals surface area contributed by atoms with Gasteiger partial charge in [-0.15, -0.1) is 0 Å². The highest BCUT2D eigenvalue weighted by Crippen LogP contribution is 2.13. The van der Waals surface area contributed by atoms with Gasteiger partial charge in [-0.2, -0.15) is 0 Å². The number of carbonyl (C=O) groups excluding carboxylic acids is 1. The van der Waals surface area contributed by atoms with Crippen molar-refractivity contribution >= 4 is 11.6 Å². The van der Waals surface area contributed by atoms with Gasteiger partial charge in [-0.3, -0.25) is 9.20 Å². The molecule has 2 aromatic heterocycles. The van der Waals surface area contributed by atoms with E-state index in [2.05, 4.69) is 4.98 Å². The molecular weight excluding hydrogens is 380 g/mol. The molecule has 0 N–H and O–H groups in total. The normalized spacial score (nSPS) is 10.7. The number of fused-ring (bicyclic) bond motifs is 1. The van der Waals surface area contributed by atoms with Crippen LogP contribution in [0.25, 0.3) is 5.65 Å². The van der Waals surface area contributed by atoms with E-state index in [0.29, 0.717) is 23.5 Å². The summed E-state index contributed by atoms with van der Waals surface area (Å²) in [7, 11) is 0. The Balaban J connectivity index is 1.37. The van der Waals surface area contributed by atoms with Crippen LogP contribution in [-0.2, 0) is 18.0 Å². The number of rotatable bonds is 6. The van der Waals surface area contributed by atoms with Crippen molar-refractivity contribution in [3.05, 3.63) is 112 Å². The van der Waals surface area contributed by atoms with Crippen molar-refractivity contribution in [1.82, 2.24) is 9.38 Å². The number of aryl methyl sites for hydroxylation is 1. The van der Waals surface area contributed by atoms with E-state index in [4.69, 9.17) is 9.47 Å². The number of nitrogens with zero attached hydrogens (tertiary/aromatic N) is 2. The van der Waals surface area contributed by atoms with Crippen LogP contribution in [0.1, 0.15) is 27.2 Å². The third-order valence-electron chi connectivity index (χ3n) is 4.55. The summed E-state index contributed by atoms with van der Waals surface area (Å²) in [6.45, 7) is 2.24. The first-order valence-electron chi connectivity index (χ1n) is 9.51. The van der Waals surface area contributed by atoms with Crippen LogP contribution in [0.2, 0.25) is 0 Å². The van der Waals surface area contributed by atoms with Crippen LogP contribution < -0.4 is 10.3 Å². The highest BCUT2D eigenvalue weighted by atomic mass is 16.5. The van der Waals surface area contributed by atoms with E-state index >= 15 is 0 Å². The Kier molecular flexibility index (Phi) is 5.57. The second-order valence-electron chi connectivity index (χ2n) is 6.90. The minimum absolute atomic E-state index is 0.0721. The standard InChI is InChI=1S/C24H20N2O4/c1-17-7-12-22-25-20(13-23(27)26(22)14-17)16-30-24(28)19-10-8-18(9-11-19)15-29-21-5-3-2-4-6-21/h2-14H,15-16H2,1H3. The third kappa shape index (κ3) is 4.55. The third-order valence-corrected chi connectivity index (χ3v) is 4.55. The monoisotopic (exact) mass is 400 g/mol. The Hall–Kier alpha value is -3.93. The molecular formula is C24H20N2O4. The molecule has 0 radical (unpaired) electrons. The average Bonchev–Trinajstić information content (AvgIpc) is 2.77. The van der Waals surface area contributed by atoms with Gasteiger partial charge in [-0.25, -0.2) is 9.78 Å². The van der Waals surface area contributed by atoms with E-state index in [9.17, 15) is 9.59 Å². The van der Waals surface area contributed by atoms with E-state index in [1.807, 2.05) is 55.5 Å². The zero-order valence-corrected chi connectivity index (χ0v) is 16.4. The van der Waals surface area contributed by atoms with Gasteiger partial charge < -0.3 is 9.47 Å². The predicted molar refractivity (Wildman–Crippen MR) is 113 cm³/mol. The smallest absolute Gasteiger partial charge is 0.338 e. The molecule has 0 aliphatic heterocycles. The lowest BCUT2D eigenvalue weighted by atomic mass is 10.1. The summed E-state index contributed by atoms with van der Waals surface area (Å²) < 4.78 is 12.5. The minimum Gasteiger partial charge on any atom is -0.489 e. The highest BCUT2D eigenvalue weighted by molar-refractivity contribution is 5.89. The molecule has 0 atom stereocenters. The van der Waals surface area contributed by atoms with E-state index < -0.39 is 5.97 Å². The molecule has 0 amide bonds. The second kappa shape index (κ2) is 8.61. The number of esters is 1. The van der Waals surface area contributed by atoms with Crippen molar-refractivity contribution in [3.8, 4) is 5.75 Å². The van der Waals surface area contributed by atoms with E-state index in [1.54, 1.807) is 24.4 Å². The SMILES string of the molecule is Cc1ccc2nc(COC(=O)c3ccc(COc4ccccc4)cc3)cc(=O)n2c1. The topological polar surface area (TPSA) is 69.9 Å². The molecule has 6 heteroatoms. The Morgan fingerprint density at radius 2 is 1.73 bits per heavy atom. The van der Waals surface area contributed by atoms with Crippen LogP contribution in [-0.4, -0.2) is 15.4 Å². The summed E-state index contributed by atoms with van der Waals surface area (Å²) in [6, 6.07) is 21.6. The van der Waals surface area contributed by atoms with Crippen molar-refractivity contribution in [1.29, 1.82) is 0 Å². The molecule has 0 saturated carbocycles. The summed E-state index contributed by atoms with van der Waals surface area (Å²) >= 11 is 0. The minimum atomic E-state index is -0.476. The molecule has 2 heterocycles. The van der Waals surface area contributed by atoms with Crippen LogP contribution in [0, 0.1) is 6.92 Å². The number of benzene rings is 2. The molecule has 4 aromatic rings. The van der Waals surface area contributed by atoms with Gasteiger partial charge in [0.2, 0.25) is 0 Å². The Labute approximate surface area is 173 Å². The Bertz CT molecular complexity index is 1230. The fourth-order valence-corrected chi connectivity index (χ4v) is 2.98. The maximum absolute atomic E-state index is 12.3. The summed E-state index contributed by atoms with van der Waals surface area (Å²) in [6.07, 6.45) is 1.73. The van der Waals surface area contributed by atoms with Gasteiger partial charge in [0.15, 0.2) is 0 Å². The van der Waals surface area contributed by atoms with Crippen LogP contribution >= 0.6 is 0 Å². The average molecular weight is 400 g/mol. The predicted octanol–water partition coefficient (Wildman–Crippen LogP) is 3.94. The zero-order valence-electron chi connectivity index (χ0n) is 16.4. The fourth-order valence-electron chi connectivity index (χ4n) is 2.98. The van der Waals surface area contributed by atoms with Gasteiger partial charge in [0.05, 0.1) is 11.3 Å².